The molecule has 9 heteroatoms. The second-order valence-corrected chi connectivity index (χ2v) is 8.86. The van der Waals surface area contributed by atoms with E-state index in [-0.39, 0.29) is 4.90 Å². The van der Waals surface area contributed by atoms with Gasteiger partial charge in [-0.05, 0) is 48.0 Å². The van der Waals surface area contributed by atoms with Crippen molar-refractivity contribution in [2.45, 2.75) is 11.3 Å². The molecular formula is C22H20N4O4S. The zero-order valence-electron chi connectivity index (χ0n) is 16.9. The summed E-state index contributed by atoms with van der Waals surface area (Å²) in [5, 5.41) is 0. The number of pyridine rings is 1. The molecule has 0 bridgehead atoms. The molecule has 0 unspecified atom stereocenters. The number of fused-ring (bicyclic) bond motifs is 1. The molecule has 0 saturated carbocycles. The second kappa shape index (κ2) is 7.84. The molecule has 1 N–H and O–H groups in total. The smallest absolute Gasteiger partial charge is 0.305 e. The molecule has 0 fully saturated rings. The van der Waals surface area contributed by atoms with Crippen LogP contribution in [0.2, 0.25) is 0 Å². The summed E-state index contributed by atoms with van der Waals surface area (Å²) in [6.07, 6.45) is 2.38. The van der Waals surface area contributed by atoms with Gasteiger partial charge >= 0.3 is 11.1 Å². The number of rotatable bonds is 5. The third-order valence-corrected chi connectivity index (χ3v) is 6.47. The van der Waals surface area contributed by atoms with Crippen LogP contribution in [-0.2, 0) is 30.5 Å². The van der Waals surface area contributed by atoms with Gasteiger partial charge in [-0.3, -0.25) is 19.3 Å². The Bertz CT molecular complexity index is 1490. The van der Waals surface area contributed by atoms with E-state index in [1.54, 1.807) is 18.3 Å². The van der Waals surface area contributed by atoms with Gasteiger partial charge in [0.25, 0.3) is 10.0 Å². The molecule has 4 rings (SSSR count). The summed E-state index contributed by atoms with van der Waals surface area (Å²) in [6.45, 7) is 0. The van der Waals surface area contributed by atoms with E-state index in [0.29, 0.717) is 23.1 Å². The van der Waals surface area contributed by atoms with E-state index in [1.807, 2.05) is 30.3 Å². The van der Waals surface area contributed by atoms with Gasteiger partial charge in [0.2, 0.25) is 0 Å². The third-order valence-electron chi connectivity index (χ3n) is 5.09. The predicted molar refractivity (Wildman–Crippen MR) is 119 cm³/mol. The quantitative estimate of drug-likeness (QED) is 0.482. The molecule has 158 valence electrons. The highest BCUT2D eigenvalue weighted by Crippen LogP contribution is 2.21. The van der Waals surface area contributed by atoms with E-state index in [9.17, 15) is 18.0 Å². The number of anilines is 1. The monoisotopic (exact) mass is 436 g/mol. The van der Waals surface area contributed by atoms with Crippen LogP contribution >= 0.6 is 0 Å². The number of hydrogen-bond acceptors (Lipinski definition) is 5. The van der Waals surface area contributed by atoms with Crippen LogP contribution in [-0.4, -0.2) is 22.5 Å². The molecule has 0 aliphatic heterocycles. The van der Waals surface area contributed by atoms with E-state index < -0.39 is 21.1 Å². The van der Waals surface area contributed by atoms with Gasteiger partial charge in [0.1, 0.15) is 0 Å². The highest BCUT2D eigenvalue weighted by Gasteiger charge is 2.17. The van der Waals surface area contributed by atoms with E-state index in [0.717, 1.165) is 15.8 Å². The minimum atomic E-state index is -3.89. The van der Waals surface area contributed by atoms with Crippen LogP contribution < -0.4 is 15.8 Å². The average molecular weight is 436 g/mol. The number of aryl methyl sites for hydroxylation is 2. The molecule has 0 spiro atoms. The summed E-state index contributed by atoms with van der Waals surface area (Å²) >= 11 is 0. The number of sulfonamides is 1. The van der Waals surface area contributed by atoms with Crippen molar-refractivity contribution < 1.29 is 8.42 Å². The van der Waals surface area contributed by atoms with Crippen LogP contribution in [0.5, 0.6) is 0 Å². The van der Waals surface area contributed by atoms with Gasteiger partial charge in [-0.1, -0.05) is 18.2 Å². The lowest BCUT2D eigenvalue weighted by atomic mass is 10.1. The summed E-state index contributed by atoms with van der Waals surface area (Å²) in [5.41, 5.74) is 1.76. The standard InChI is InChI=1S/C22H20N4O4S/c1-25-19-11-10-18(14-20(19)26(2)22(28)21(25)27)31(29,30)24-16-8-6-15(7-9-16)13-17-5-3-4-12-23-17/h3-12,14,24H,13H2,1-2H3. The van der Waals surface area contributed by atoms with E-state index in [4.69, 9.17) is 0 Å². The number of nitrogens with one attached hydrogen (secondary N) is 1. The summed E-state index contributed by atoms with van der Waals surface area (Å²) in [7, 11) is -0.976. The SMILES string of the molecule is Cn1c(=O)c(=O)n(C)c2cc(S(=O)(=O)Nc3ccc(Cc4ccccn4)cc3)ccc21. The molecule has 0 saturated heterocycles. The molecule has 2 aromatic heterocycles. The molecule has 0 radical (unpaired) electrons. The molecule has 0 aliphatic carbocycles. The molecule has 0 atom stereocenters. The third kappa shape index (κ3) is 3.99. The van der Waals surface area contributed by atoms with Gasteiger partial charge in [-0.15, -0.1) is 0 Å². The van der Waals surface area contributed by atoms with Crippen LogP contribution in [0.15, 0.2) is 81.3 Å². The maximum Gasteiger partial charge on any atom is 0.316 e. The molecule has 8 nitrogen and oxygen atoms in total. The van der Waals surface area contributed by atoms with Crippen LogP contribution in [0.3, 0.4) is 0 Å². The average Bonchev–Trinajstić information content (AvgIpc) is 2.77. The topological polar surface area (TPSA) is 103 Å². The fourth-order valence-electron chi connectivity index (χ4n) is 3.34. The van der Waals surface area contributed by atoms with E-state index in [2.05, 4.69) is 9.71 Å². The second-order valence-electron chi connectivity index (χ2n) is 7.18. The van der Waals surface area contributed by atoms with E-state index in [1.165, 1.54) is 36.9 Å². The Labute approximate surface area is 178 Å². The number of hydrogen-bond donors (Lipinski definition) is 1. The van der Waals surface area contributed by atoms with Crippen molar-refractivity contribution in [2.24, 2.45) is 14.1 Å². The van der Waals surface area contributed by atoms with Gasteiger partial charge < -0.3 is 9.13 Å². The highest BCUT2D eigenvalue weighted by atomic mass is 32.2. The molecule has 4 aromatic rings. The van der Waals surface area contributed by atoms with Crippen molar-refractivity contribution in [3.8, 4) is 0 Å². The maximum atomic E-state index is 12.9. The Kier molecular flexibility index (Phi) is 5.20. The molecule has 0 amide bonds. The first kappa shape index (κ1) is 20.5. The molecule has 0 aliphatic rings. The lowest BCUT2D eigenvalue weighted by Crippen LogP contribution is -2.39. The minimum Gasteiger partial charge on any atom is -0.305 e. The Balaban J connectivity index is 1.62. The van der Waals surface area contributed by atoms with Crippen LogP contribution in [0.4, 0.5) is 5.69 Å². The van der Waals surface area contributed by atoms with Gasteiger partial charge in [0, 0.05) is 38.1 Å². The van der Waals surface area contributed by atoms with Crippen LogP contribution in [0, 0.1) is 0 Å². The maximum absolute atomic E-state index is 12.9. The van der Waals surface area contributed by atoms with Gasteiger partial charge in [0.05, 0.1) is 15.9 Å². The van der Waals surface area contributed by atoms with Gasteiger partial charge in [0.15, 0.2) is 0 Å². The zero-order valence-corrected chi connectivity index (χ0v) is 17.8. The Morgan fingerprint density at radius 3 is 2.19 bits per heavy atom. The fraction of sp³-hybridized carbons (Fsp3) is 0.136. The Hall–Kier alpha value is -3.72. The van der Waals surface area contributed by atoms with Crippen molar-refractivity contribution in [1.82, 2.24) is 14.1 Å². The first-order chi connectivity index (χ1) is 14.8. The normalized spacial score (nSPS) is 11.5. The van der Waals surface area contributed by atoms with Gasteiger partial charge in [-0.2, -0.15) is 0 Å². The van der Waals surface area contributed by atoms with Gasteiger partial charge in [-0.25, -0.2) is 8.42 Å². The highest BCUT2D eigenvalue weighted by molar-refractivity contribution is 7.92. The minimum absolute atomic E-state index is 0.00814. The lowest BCUT2D eigenvalue weighted by molar-refractivity contribution is 0.601. The van der Waals surface area contributed by atoms with Crippen molar-refractivity contribution in [3.05, 3.63) is 98.8 Å². The molecule has 2 heterocycles. The number of nitrogens with zero attached hydrogens (tertiary/aromatic N) is 3. The van der Waals surface area contributed by atoms with E-state index >= 15 is 0 Å². The number of aromatic nitrogens is 3. The van der Waals surface area contributed by atoms with Crippen molar-refractivity contribution in [1.29, 1.82) is 0 Å². The fourth-order valence-corrected chi connectivity index (χ4v) is 4.42. The summed E-state index contributed by atoms with van der Waals surface area (Å²) in [6, 6.07) is 17.1. The Morgan fingerprint density at radius 2 is 1.55 bits per heavy atom. The van der Waals surface area contributed by atoms with Crippen molar-refractivity contribution in [3.63, 3.8) is 0 Å². The summed E-state index contributed by atoms with van der Waals surface area (Å²) < 4.78 is 30.7. The van der Waals surface area contributed by atoms with Crippen molar-refractivity contribution >= 4 is 26.7 Å². The predicted octanol–water partition coefficient (Wildman–Crippen LogP) is 2.02. The molecule has 31 heavy (non-hydrogen) atoms. The number of benzene rings is 2. The molecular weight excluding hydrogens is 416 g/mol. The summed E-state index contributed by atoms with van der Waals surface area (Å²) in [4.78, 5) is 28.3. The first-order valence-electron chi connectivity index (χ1n) is 9.48. The summed E-state index contributed by atoms with van der Waals surface area (Å²) in [5.74, 6) is 0. The lowest BCUT2D eigenvalue weighted by Gasteiger charge is -2.12. The molecule has 2 aromatic carbocycles. The van der Waals surface area contributed by atoms with Crippen LogP contribution in [0.1, 0.15) is 11.3 Å². The first-order valence-corrected chi connectivity index (χ1v) is 11.0. The van der Waals surface area contributed by atoms with Crippen LogP contribution in [0.25, 0.3) is 11.0 Å². The van der Waals surface area contributed by atoms with Crippen molar-refractivity contribution in [2.75, 3.05) is 4.72 Å². The Morgan fingerprint density at radius 1 is 0.871 bits per heavy atom. The zero-order chi connectivity index (χ0) is 22.2. The largest absolute Gasteiger partial charge is 0.316 e.